The van der Waals surface area contributed by atoms with Gasteiger partial charge in [-0.25, -0.2) is 0 Å². The lowest BCUT2D eigenvalue weighted by Crippen LogP contribution is -2.39. The van der Waals surface area contributed by atoms with Crippen molar-refractivity contribution in [2.45, 2.75) is 25.4 Å². The number of nitrogens with one attached hydrogen (secondary N) is 3. The first-order valence-electron chi connectivity index (χ1n) is 7.30. The summed E-state index contributed by atoms with van der Waals surface area (Å²) < 4.78 is 0. The van der Waals surface area contributed by atoms with E-state index in [4.69, 9.17) is 0 Å². The molecule has 3 heterocycles. The molecule has 1 atom stereocenters. The largest absolute Gasteiger partial charge is 0.390 e. The number of rotatable bonds is 5. The number of hydrogen-bond donors (Lipinski definition) is 4. The number of aliphatic hydroxyl groups is 1. The Bertz CT molecular complexity index is 645. The predicted molar refractivity (Wildman–Crippen MR) is 79.3 cm³/mol. The molecule has 0 aromatic carbocycles. The first kappa shape index (κ1) is 14.0. The standard InChI is InChI=1S/C13H20N6O2/c20-9(8-19-4-2-1-3-5-19)6-14-13-16-11-10(7-15-18-11)12(21)17-13/h7,9,20H,1-6,8H2,(H3,14,15,16,17,18,21). The lowest BCUT2D eigenvalue weighted by Gasteiger charge is -2.28. The van der Waals surface area contributed by atoms with E-state index in [1.54, 1.807) is 0 Å². The third-order valence-corrected chi connectivity index (χ3v) is 3.74. The number of hydrogen-bond acceptors (Lipinski definition) is 6. The molecule has 21 heavy (non-hydrogen) atoms. The second kappa shape index (κ2) is 6.23. The summed E-state index contributed by atoms with van der Waals surface area (Å²) in [5, 5.41) is 19.9. The normalized spacial score (nSPS) is 18.0. The molecule has 1 fully saturated rings. The Labute approximate surface area is 121 Å². The van der Waals surface area contributed by atoms with Crippen LogP contribution >= 0.6 is 0 Å². The Morgan fingerprint density at radius 2 is 2.19 bits per heavy atom. The zero-order chi connectivity index (χ0) is 14.7. The average molecular weight is 292 g/mol. The molecule has 4 N–H and O–H groups in total. The van der Waals surface area contributed by atoms with Gasteiger partial charge in [0.1, 0.15) is 5.39 Å². The molecule has 3 rings (SSSR count). The minimum Gasteiger partial charge on any atom is -0.390 e. The molecule has 1 aliphatic rings. The van der Waals surface area contributed by atoms with Gasteiger partial charge in [-0.05, 0) is 25.9 Å². The minimum absolute atomic E-state index is 0.248. The van der Waals surface area contributed by atoms with Gasteiger partial charge in [0, 0.05) is 13.1 Å². The third-order valence-electron chi connectivity index (χ3n) is 3.74. The summed E-state index contributed by atoms with van der Waals surface area (Å²) in [4.78, 5) is 20.9. The van der Waals surface area contributed by atoms with Crippen LogP contribution in [0, 0.1) is 0 Å². The van der Waals surface area contributed by atoms with Gasteiger partial charge in [0.15, 0.2) is 5.65 Å². The second-order valence-corrected chi connectivity index (χ2v) is 5.44. The summed E-state index contributed by atoms with van der Waals surface area (Å²) in [7, 11) is 0. The zero-order valence-electron chi connectivity index (χ0n) is 11.8. The van der Waals surface area contributed by atoms with Gasteiger partial charge in [-0.1, -0.05) is 6.42 Å². The quantitative estimate of drug-likeness (QED) is 0.613. The van der Waals surface area contributed by atoms with Crippen molar-refractivity contribution in [3.05, 3.63) is 16.6 Å². The maximum atomic E-state index is 11.8. The van der Waals surface area contributed by atoms with Crippen LogP contribution in [0.5, 0.6) is 0 Å². The molecule has 2 aromatic rings. The molecule has 8 nitrogen and oxygen atoms in total. The van der Waals surface area contributed by atoms with Crippen LogP contribution in [0.3, 0.4) is 0 Å². The second-order valence-electron chi connectivity index (χ2n) is 5.44. The summed E-state index contributed by atoms with van der Waals surface area (Å²) in [6.45, 7) is 3.08. The highest BCUT2D eigenvalue weighted by Crippen LogP contribution is 2.09. The van der Waals surface area contributed by atoms with E-state index in [2.05, 4.69) is 30.4 Å². The summed E-state index contributed by atoms with van der Waals surface area (Å²) in [5.74, 6) is 0.342. The van der Waals surface area contributed by atoms with E-state index < -0.39 is 6.10 Å². The van der Waals surface area contributed by atoms with Gasteiger partial charge in [0.25, 0.3) is 5.56 Å². The fraction of sp³-hybridized carbons (Fsp3) is 0.615. The van der Waals surface area contributed by atoms with Gasteiger partial charge in [0.05, 0.1) is 12.3 Å². The maximum Gasteiger partial charge on any atom is 0.263 e. The first-order valence-corrected chi connectivity index (χ1v) is 7.30. The van der Waals surface area contributed by atoms with Crippen molar-refractivity contribution in [3.8, 4) is 0 Å². The van der Waals surface area contributed by atoms with Crippen LogP contribution in [0.15, 0.2) is 11.0 Å². The van der Waals surface area contributed by atoms with E-state index in [-0.39, 0.29) is 5.56 Å². The number of H-pyrrole nitrogens is 2. The molecule has 1 aliphatic heterocycles. The van der Waals surface area contributed by atoms with E-state index in [9.17, 15) is 9.90 Å². The van der Waals surface area contributed by atoms with Gasteiger partial charge in [-0.15, -0.1) is 0 Å². The molecule has 0 bridgehead atoms. The number of nitrogens with zero attached hydrogens (tertiary/aromatic N) is 3. The molecular weight excluding hydrogens is 272 g/mol. The molecule has 0 radical (unpaired) electrons. The monoisotopic (exact) mass is 292 g/mol. The van der Waals surface area contributed by atoms with E-state index >= 15 is 0 Å². The number of β-amino-alcohol motifs (C(OH)–C–C–N with tert-alkyl or cyclic N) is 1. The van der Waals surface area contributed by atoms with Gasteiger partial charge in [0.2, 0.25) is 5.95 Å². The molecule has 1 unspecified atom stereocenters. The Morgan fingerprint density at radius 3 is 3.00 bits per heavy atom. The highest BCUT2D eigenvalue weighted by molar-refractivity contribution is 5.73. The van der Waals surface area contributed by atoms with Crippen LogP contribution < -0.4 is 10.9 Å². The third kappa shape index (κ3) is 3.40. The Morgan fingerprint density at radius 1 is 1.38 bits per heavy atom. The van der Waals surface area contributed by atoms with E-state index in [0.29, 0.717) is 30.1 Å². The Hall–Kier alpha value is -1.93. The van der Waals surface area contributed by atoms with Crippen LogP contribution in [-0.4, -0.2) is 62.5 Å². The van der Waals surface area contributed by atoms with Crippen molar-refractivity contribution in [3.63, 3.8) is 0 Å². The minimum atomic E-state index is -0.495. The van der Waals surface area contributed by atoms with Gasteiger partial charge in [-0.2, -0.15) is 10.1 Å². The number of anilines is 1. The van der Waals surface area contributed by atoms with Crippen LogP contribution in [0.4, 0.5) is 5.95 Å². The summed E-state index contributed by atoms with van der Waals surface area (Å²) >= 11 is 0. The summed E-state index contributed by atoms with van der Waals surface area (Å²) in [5.41, 5.74) is 0.188. The molecule has 0 amide bonds. The van der Waals surface area contributed by atoms with Gasteiger partial charge >= 0.3 is 0 Å². The number of aliphatic hydroxyl groups excluding tert-OH is 1. The Balaban J connectivity index is 1.56. The van der Waals surface area contributed by atoms with Crippen LogP contribution in [0.2, 0.25) is 0 Å². The van der Waals surface area contributed by atoms with Gasteiger partial charge < -0.3 is 15.3 Å². The summed E-state index contributed by atoms with van der Waals surface area (Å²) in [6, 6.07) is 0. The van der Waals surface area contributed by atoms with E-state index in [1.165, 1.54) is 25.5 Å². The maximum absolute atomic E-state index is 11.8. The van der Waals surface area contributed by atoms with Crippen molar-refractivity contribution in [1.82, 2.24) is 25.1 Å². The van der Waals surface area contributed by atoms with Crippen molar-refractivity contribution in [2.75, 3.05) is 31.5 Å². The molecule has 2 aromatic heterocycles. The fourth-order valence-corrected chi connectivity index (χ4v) is 2.65. The number of likely N-dealkylation sites (tertiary alicyclic amines) is 1. The van der Waals surface area contributed by atoms with Crippen LogP contribution in [-0.2, 0) is 0 Å². The molecule has 0 aliphatic carbocycles. The van der Waals surface area contributed by atoms with Crippen LogP contribution in [0.25, 0.3) is 11.0 Å². The number of aromatic nitrogens is 4. The average Bonchev–Trinajstić information content (AvgIpc) is 2.95. The van der Waals surface area contributed by atoms with Crippen molar-refractivity contribution >= 4 is 17.0 Å². The first-order chi connectivity index (χ1) is 10.2. The summed E-state index contributed by atoms with van der Waals surface area (Å²) in [6.07, 6.45) is 4.62. The van der Waals surface area contributed by atoms with Crippen molar-refractivity contribution in [2.24, 2.45) is 0 Å². The number of aromatic amines is 2. The molecule has 8 heteroatoms. The molecule has 1 saturated heterocycles. The molecule has 0 spiro atoms. The lowest BCUT2D eigenvalue weighted by molar-refractivity contribution is 0.109. The SMILES string of the molecule is O=c1[nH]c(NCC(O)CN2CCCCC2)nc2[nH]ncc12. The van der Waals surface area contributed by atoms with Crippen molar-refractivity contribution in [1.29, 1.82) is 0 Å². The predicted octanol–water partition coefficient (Wildman–Crippen LogP) is -0.0951. The van der Waals surface area contributed by atoms with Gasteiger partial charge in [-0.3, -0.25) is 14.9 Å². The number of fused-ring (bicyclic) bond motifs is 1. The van der Waals surface area contributed by atoms with E-state index in [1.807, 2.05) is 0 Å². The zero-order valence-corrected chi connectivity index (χ0v) is 11.8. The topological polar surface area (TPSA) is 110 Å². The molecule has 0 saturated carbocycles. The van der Waals surface area contributed by atoms with E-state index in [0.717, 1.165) is 13.1 Å². The fourth-order valence-electron chi connectivity index (χ4n) is 2.65. The highest BCUT2D eigenvalue weighted by Gasteiger charge is 2.15. The highest BCUT2D eigenvalue weighted by atomic mass is 16.3. The Kier molecular flexibility index (Phi) is 4.16. The smallest absolute Gasteiger partial charge is 0.263 e. The number of piperidine rings is 1. The molecule has 114 valence electrons. The molecular formula is C13H20N6O2. The van der Waals surface area contributed by atoms with Crippen molar-refractivity contribution < 1.29 is 5.11 Å². The lowest BCUT2D eigenvalue weighted by atomic mass is 10.1. The van der Waals surface area contributed by atoms with Crippen LogP contribution in [0.1, 0.15) is 19.3 Å².